The van der Waals surface area contributed by atoms with Gasteiger partial charge in [-0.15, -0.1) is 0 Å². The van der Waals surface area contributed by atoms with Gasteiger partial charge in [0.15, 0.2) is 0 Å². The normalized spacial score (nSPS) is 12.6. The Kier molecular flexibility index (Phi) is 4.10. The molecule has 1 unspecified atom stereocenters. The Morgan fingerprint density at radius 3 is 2.89 bits per heavy atom. The van der Waals surface area contributed by atoms with E-state index < -0.39 is 0 Å². The molecule has 96 valence electrons. The summed E-state index contributed by atoms with van der Waals surface area (Å²) in [5, 5.41) is 7.56. The van der Waals surface area contributed by atoms with Crippen molar-refractivity contribution in [3.8, 4) is 0 Å². The molecule has 0 radical (unpaired) electrons. The van der Waals surface area contributed by atoms with Crippen molar-refractivity contribution in [2.24, 2.45) is 7.05 Å². The molecule has 0 aliphatic rings. The Morgan fingerprint density at radius 2 is 2.28 bits per heavy atom. The molecule has 0 spiro atoms. The van der Waals surface area contributed by atoms with Crippen LogP contribution in [0.2, 0.25) is 0 Å². The number of aryl methyl sites for hydroxylation is 3. The summed E-state index contributed by atoms with van der Waals surface area (Å²) < 4.78 is 1.85. The first-order valence-corrected chi connectivity index (χ1v) is 6.26. The number of rotatable bonds is 5. The molecule has 1 atom stereocenters. The summed E-state index contributed by atoms with van der Waals surface area (Å²) in [4.78, 5) is 4.24. The molecule has 2 aromatic heterocycles. The molecule has 0 saturated heterocycles. The molecule has 1 N–H and O–H groups in total. The first-order chi connectivity index (χ1) is 8.69. The van der Waals surface area contributed by atoms with Gasteiger partial charge in [0.2, 0.25) is 0 Å². The number of nitrogens with zero attached hydrogens (tertiary/aromatic N) is 3. The standard InChI is InChI=1S/C14H20N4/c1-11-8-13(6-7-16-11)14(15-2)5-4-12-9-17-18(3)10-12/h6-10,14-15H,4-5H2,1-3H3. The minimum absolute atomic E-state index is 0.368. The van der Waals surface area contributed by atoms with Crippen LogP contribution in [0.3, 0.4) is 0 Å². The second kappa shape index (κ2) is 5.78. The van der Waals surface area contributed by atoms with Crippen LogP contribution in [-0.4, -0.2) is 21.8 Å². The zero-order valence-corrected chi connectivity index (χ0v) is 11.2. The number of pyridine rings is 1. The highest BCUT2D eigenvalue weighted by Gasteiger charge is 2.10. The van der Waals surface area contributed by atoms with Crippen molar-refractivity contribution >= 4 is 0 Å². The quantitative estimate of drug-likeness (QED) is 0.875. The third kappa shape index (κ3) is 3.17. The van der Waals surface area contributed by atoms with Crippen LogP contribution >= 0.6 is 0 Å². The second-order valence-electron chi connectivity index (χ2n) is 4.63. The average Bonchev–Trinajstić information content (AvgIpc) is 2.76. The monoisotopic (exact) mass is 244 g/mol. The molecule has 2 heterocycles. The molecule has 4 nitrogen and oxygen atoms in total. The van der Waals surface area contributed by atoms with Gasteiger partial charge in [0.25, 0.3) is 0 Å². The maximum atomic E-state index is 4.24. The zero-order chi connectivity index (χ0) is 13.0. The van der Waals surface area contributed by atoms with Crippen molar-refractivity contribution in [2.45, 2.75) is 25.8 Å². The van der Waals surface area contributed by atoms with Crippen LogP contribution in [0.1, 0.15) is 29.3 Å². The van der Waals surface area contributed by atoms with Crippen LogP contribution in [0.5, 0.6) is 0 Å². The summed E-state index contributed by atoms with van der Waals surface area (Å²) in [6.45, 7) is 2.03. The van der Waals surface area contributed by atoms with E-state index in [-0.39, 0.29) is 0 Å². The van der Waals surface area contributed by atoms with Crippen molar-refractivity contribution in [1.82, 2.24) is 20.1 Å². The summed E-state index contributed by atoms with van der Waals surface area (Å²) >= 11 is 0. The fraction of sp³-hybridized carbons (Fsp3) is 0.429. The zero-order valence-electron chi connectivity index (χ0n) is 11.2. The first kappa shape index (κ1) is 12.8. The van der Waals surface area contributed by atoms with Crippen molar-refractivity contribution in [3.05, 3.63) is 47.5 Å². The van der Waals surface area contributed by atoms with Gasteiger partial charge in [0, 0.05) is 31.2 Å². The molecule has 0 aromatic carbocycles. The highest BCUT2D eigenvalue weighted by Crippen LogP contribution is 2.18. The lowest BCUT2D eigenvalue weighted by Gasteiger charge is -2.16. The summed E-state index contributed by atoms with van der Waals surface area (Å²) in [7, 11) is 3.95. The van der Waals surface area contributed by atoms with Crippen molar-refractivity contribution < 1.29 is 0 Å². The minimum Gasteiger partial charge on any atom is -0.313 e. The topological polar surface area (TPSA) is 42.7 Å². The van der Waals surface area contributed by atoms with Crippen LogP contribution < -0.4 is 5.32 Å². The van der Waals surface area contributed by atoms with E-state index in [9.17, 15) is 0 Å². The Morgan fingerprint density at radius 1 is 1.44 bits per heavy atom. The van der Waals surface area contributed by atoms with E-state index in [2.05, 4.69) is 33.7 Å². The lowest BCUT2D eigenvalue weighted by molar-refractivity contribution is 0.548. The minimum atomic E-state index is 0.368. The van der Waals surface area contributed by atoms with Gasteiger partial charge < -0.3 is 5.32 Å². The highest BCUT2D eigenvalue weighted by molar-refractivity contribution is 5.20. The maximum absolute atomic E-state index is 4.24. The van der Waals surface area contributed by atoms with Gasteiger partial charge in [0.05, 0.1) is 6.20 Å². The third-order valence-corrected chi connectivity index (χ3v) is 3.15. The molecular formula is C14H20N4. The predicted molar refractivity (Wildman–Crippen MR) is 72.3 cm³/mol. The molecule has 0 aliphatic carbocycles. The van der Waals surface area contributed by atoms with Crippen LogP contribution in [0.15, 0.2) is 30.7 Å². The predicted octanol–water partition coefficient (Wildman–Crippen LogP) is 2.02. The van der Waals surface area contributed by atoms with Gasteiger partial charge in [-0.1, -0.05) is 0 Å². The summed E-state index contributed by atoms with van der Waals surface area (Å²) in [5.41, 5.74) is 3.64. The number of hydrogen-bond donors (Lipinski definition) is 1. The van der Waals surface area contributed by atoms with Crippen molar-refractivity contribution in [1.29, 1.82) is 0 Å². The van der Waals surface area contributed by atoms with E-state index in [1.807, 2.05) is 38.1 Å². The highest BCUT2D eigenvalue weighted by atomic mass is 15.2. The molecular weight excluding hydrogens is 224 g/mol. The van der Waals surface area contributed by atoms with Gasteiger partial charge in [-0.05, 0) is 50.1 Å². The molecule has 2 rings (SSSR count). The SMILES string of the molecule is CNC(CCc1cnn(C)c1)c1ccnc(C)c1. The van der Waals surface area contributed by atoms with E-state index in [0.29, 0.717) is 6.04 Å². The Balaban J connectivity index is 2.01. The fourth-order valence-electron chi connectivity index (χ4n) is 2.17. The molecule has 0 fully saturated rings. The van der Waals surface area contributed by atoms with Gasteiger partial charge in [0.1, 0.15) is 0 Å². The third-order valence-electron chi connectivity index (χ3n) is 3.15. The second-order valence-corrected chi connectivity index (χ2v) is 4.63. The van der Waals surface area contributed by atoms with Gasteiger partial charge in [-0.2, -0.15) is 5.10 Å². The van der Waals surface area contributed by atoms with Crippen LogP contribution in [0, 0.1) is 6.92 Å². The van der Waals surface area contributed by atoms with E-state index in [4.69, 9.17) is 0 Å². The van der Waals surface area contributed by atoms with Crippen molar-refractivity contribution in [3.63, 3.8) is 0 Å². The van der Waals surface area contributed by atoms with Crippen LogP contribution in [0.25, 0.3) is 0 Å². The molecule has 2 aromatic rings. The molecule has 0 saturated carbocycles. The van der Waals surface area contributed by atoms with Gasteiger partial charge in [-0.25, -0.2) is 0 Å². The smallest absolute Gasteiger partial charge is 0.0521 e. The molecule has 0 amide bonds. The molecule has 4 heteroatoms. The largest absolute Gasteiger partial charge is 0.313 e. The maximum Gasteiger partial charge on any atom is 0.0521 e. The summed E-state index contributed by atoms with van der Waals surface area (Å²) in [5.74, 6) is 0. The van der Waals surface area contributed by atoms with Crippen LogP contribution in [-0.2, 0) is 13.5 Å². The lowest BCUT2D eigenvalue weighted by atomic mass is 10.0. The average molecular weight is 244 g/mol. The Bertz CT molecular complexity index is 504. The molecule has 18 heavy (non-hydrogen) atoms. The van der Waals surface area contributed by atoms with E-state index in [1.54, 1.807) is 0 Å². The summed E-state index contributed by atoms with van der Waals surface area (Å²) in [6.07, 6.45) is 7.97. The van der Waals surface area contributed by atoms with Gasteiger partial charge in [-0.3, -0.25) is 9.67 Å². The van der Waals surface area contributed by atoms with Gasteiger partial charge >= 0.3 is 0 Å². The number of aromatic nitrogens is 3. The van der Waals surface area contributed by atoms with E-state index in [1.165, 1.54) is 11.1 Å². The lowest BCUT2D eigenvalue weighted by Crippen LogP contribution is -2.17. The Labute approximate surface area is 108 Å². The molecule has 0 bridgehead atoms. The van der Waals surface area contributed by atoms with E-state index >= 15 is 0 Å². The molecule has 0 aliphatic heterocycles. The van der Waals surface area contributed by atoms with Crippen molar-refractivity contribution in [2.75, 3.05) is 7.05 Å². The summed E-state index contributed by atoms with van der Waals surface area (Å²) in [6, 6.07) is 4.59. The number of nitrogens with one attached hydrogen (secondary N) is 1. The first-order valence-electron chi connectivity index (χ1n) is 6.26. The Hall–Kier alpha value is -1.68. The van der Waals surface area contributed by atoms with E-state index in [0.717, 1.165) is 18.5 Å². The van der Waals surface area contributed by atoms with Crippen LogP contribution in [0.4, 0.5) is 0 Å². The fourth-order valence-corrected chi connectivity index (χ4v) is 2.17. The number of hydrogen-bond acceptors (Lipinski definition) is 3.